The van der Waals surface area contributed by atoms with Crippen molar-refractivity contribution in [2.45, 2.75) is 32.1 Å². The summed E-state index contributed by atoms with van der Waals surface area (Å²) in [7, 11) is 0. The zero-order valence-electron chi connectivity index (χ0n) is 6.81. The lowest BCUT2D eigenvalue weighted by Gasteiger charge is -2.18. The number of carbonyl (C=O) groups excluding carboxylic acids is 1. The van der Waals surface area contributed by atoms with Gasteiger partial charge in [0.15, 0.2) is 0 Å². The number of carboxylic acid groups (broad SMARTS) is 1. The molecule has 0 bridgehead atoms. The van der Waals surface area contributed by atoms with Crippen molar-refractivity contribution in [1.82, 2.24) is 0 Å². The lowest BCUT2D eigenvalue weighted by atomic mass is 10.1. The molecule has 0 aliphatic heterocycles. The maximum Gasteiger partial charge on any atom is 0.265 e. The zero-order chi connectivity index (χ0) is 9.61. The first-order valence-electron chi connectivity index (χ1n) is 3.69. The van der Waals surface area contributed by atoms with Crippen LogP contribution in [0, 0.1) is 0 Å². The highest BCUT2D eigenvalue weighted by Gasteiger charge is 2.26. The van der Waals surface area contributed by atoms with Crippen molar-refractivity contribution in [1.29, 1.82) is 0 Å². The molecule has 5 heteroatoms. The van der Waals surface area contributed by atoms with Gasteiger partial charge in [-0.1, -0.05) is 13.3 Å². The Kier molecular flexibility index (Phi) is 4.54. The SMILES string of the molecule is CCCCC(F)(F)COC(=O)[O-]. The first kappa shape index (κ1) is 11.1. The molecule has 12 heavy (non-hydrogen) atoms. The highest BCUT2D eigenvalue weighted by Crippen LogP contribution is 2.21. The summed E-state index contributed by atoms with van der Waals surface area (Å²) in [6.45, 7) is 0.672. The van der Waals surface area contributed by atoms with Crippen LogP contribution in [-0.2, 0) is 4.74 Å². The maximum atomic E-state index is 12.6. The molecule has 0 amide bonds. The van der Waals surface area contributed by atoms with Gasteiger partial charge < -0.3 is 14.6 Å². The van der Waals surface area contributed by atoms with E-state index in [1.54, 1.807) is 6.92 Å². The Morgan fingerprint density at radius 2 is 2.17 bits per heavy atom. The fourth-order valence-corrected chi connectivity index (χ4v) is 0.672. The van der Waals surface area contributed by atoms with Gasteiger partial charge in [0, 0.05) is 6.42 Å². The van der Waals surface area contributed by atoms with E-state index < -0.39 is 18.7 Å². The summed E-state index contributed by atoms with van der Waals surface area (Å²) in [5.41, 5.74) is 0. The number of hydrogen-bond donors (Lipinski definition) is 0. The molecule has 0 atom stereocenters. The molecule has 0 aliphatic carbocycles. The standard InChI is InChI=1S/C7H12F2O3/c1-2-3-4-7(8,9)5-12-6(10)11/h2-5H2,1H3,(H,10,11)/p-1. The third-order valence-electron chi connectivity index (χ3n) is 1.30. The van der Waals surface area contributed by atoms with Crippen molar-refractivity contribution in [3.05, 3.63) is 0 Å². The average molecular weight is 181 g/mol. The minimum absolute atomic E-state index is 0.350. The average Bonchev–Trinajstić information content (AvgIpc) is 1.98. The number of rotatable bonds is 5. The van der Waals surface area contributed by atoms with Crippen LogP contribution in [-0.4, -0.2) is 18.7 Å². The monoisotopic (exact) mass is 181 g/mol. The van der Waals surface area contributed by atoms with E-state index in [1.165, 1.54) is 0 Å². The van der Waals surface area contributed by atoms with Gasteiger partial charge in [-0.2, -0.15) is 0 Å². The van der Waals surface area contributed by atoms with Crippen LogP contribution >= 0.6 is 0 Å². The van der Waals surface area contributed by atoms with Gasteiger partial charge in [0.25, 0.3) is 12.1 Å². The Labute approximate surface area is 69.3 Å². The first-order valence-corrected chi connectivity index (χ1v) is 3.69. The van der Waals surface area contributed by atoms with Gasteiger partial charge in [0.05, 0.1) is 6.61 Å². The highest BCUT2D eigenvalue weighted by molar-refractivity contribution is 5.54. The van der Waals surface area contributed by atoms with E-state index in [2.05, 4.69) is 4.74 Å². The molecular weight excluding hydrogens is 170 g/mol. The van der Waals surface area contributed by atoms with Gasteiger partial charge in [-0.3, -0.25) is 0 Å². The number of hydrogen-bond acceptors (Lipinski definition) is 3. The van der Waals surface area contributed by atoms with E-state index in [-0.39, 0.29) is 6.42 Å². The molecule has 0 unspecified atom stereocenters. The number of halogens is 2. The minimum atomic E-state index is -3.06. The minimum Gasteiger partial charge on any atom is -0.543 e. The Balaban J connectivity index is 3.63. The summed E-state index contributed by atoms with van der Waals surface area (Å²) in [5.74, 6) is -3.06. The van der Waals surface area contributed by atoms with Gasteiger partial charge in [-0.25, -0.2) is 8.78 Å². The summed E-state index contributed by atoms with van der Waals surface area (Å²) in [6.07, 6.45) is -1.27. The van der Waals surface area contributed by atoms with Crippen molar-refractivity contribution in [2.24, 2.45) is 0 Å². The molecule has 0 spiro atoms. The largest absolute Gasteiger partial charge is 0.543 e. The Bertz CT molecular complexity index is 148. The van der Waals surface area contributed by atoms with Crippen molar-refractivity contribution >= 4 is 6.16 Å². The molecule has 0 saturated carbocycles. The van der Waals surface area contributed by atoms with Crippen LogP contribution in [0.5, 0.6) is 0 Å². The van der Waals surface area contributed by atoms with E-state index in [0.717, 1.165) is 0 Å². The fourth-order valence-electron chi connectivity index (χ4n) is 0.672. The molecule has 72 valence electrons. The van der Waals surface area contributed by atoms with Crippen molar-refractivity contribution in [3.8, 4) is 0 Å². The predicted octanol–water partition coefficient (Wildman–Crippen LogP) is 1.17. The zero-order valence-corrected chi connectivity index (χ0v) is 6.81. The van der Waals surface area contributed by atoms with Crippen LogP contribution in [0.1, 0.15) is 26.2 Å². The van der Waals surface area contributed by atoms with E-state index in [4.69, 9.17) is 0 Å². The van der Waals surface area contributed by atoms with Gasteiger partial charge in [0.1, 0.15) is 0 Å². The number of alkyl halides is 2. The number of ether oxygens (including phenoxy) is 1. The molecule has 0 aromatic carbocycles. The molecule has 0 aromatic heterocycles. The summed E-state index contributed by atoms with van der Waals surface area (Å²) < 4.78 is 28.8. The van der Waals surface area contributed by atoms with Crippen molar-refractivity contribution < 1.29 is 23.4 Å². The van der Waals surface area contributed by atoms with E-state index in [0.29, 0.717) is 12.8 Å². The molecule has 0 aromatic rings. The van der Waals surface area contributed by atoms with E-state index in [9.17, 15) is 18.7 Å². The second kappa shape index (κ2) is 4.90. The highest BCUT2D eigenvalue weighted by atomic mass is 19.3. The fraction of sp³-hybridized carbons (Fsp3) is 0.857. The predicted molar refractivity (Wildman–Crippen MR) is 35.8 cm³/mol. The van der Waals surface area contributed by atoms with Crippen LogP contribution in [0.4, 0.5) is 13.6 Å². The summed E-state index contributed by atoms with van der Waals surface area (Å²) in [5, 5.41) is 9.65. The molecule has 0 heterocycles. The smallest absolute Gasteiger partial charge is 0.265 e. The van der Waals surface area contributed by atoms with Crippen LogP contribution < -0.4 is 5.11 Å². The van der Waals surface area contributed by atoms with Crippen molar-refractivity contribution in [3.63, 3.8) is 0 Å². The molecule has 0 aliphatic rings. The van der Waals surface area contributed by atoms with Crippen LogP contribution in [0.3, 0.4) is 0 Å². The third kappa shape index (κ3) is 5.88. The van der Waals surface area contributed by atoms with E-state index >= 15 is 0 Å². The third-order valence-corrected chi connectivity index (χ3v) is 1.30. The van der Waals surface area contributed by atoms with Crippen molar-refractivity contribution in [2.75, 3.05) is 6.61 Å². The van der Waals surface area contributed by atoms with Crippen LogP contribution in [0.2, 0.25) is 0 Å². The number of unbranched alkanes of at least 4 members (excludes halogenated alkanes) is 1. The molecule has 0 N–H and O–H groups in total. The maximum absolute atomic E-state index is 12.6. The van der Waals surface area contributed by atoms with E-state index in [1.807, 2.05) is 0 Å². The van der Waals surface area contributed by atoms with Gasteiger partial charge in [-0.15, -0.1) is 0 Å². The summed E-state index contributed by atoms with van der Waals surface area (Å²) >= 11 is 0. The molecule has 0 saturated heterocycles. The van der Waals surface area contributed by atoms with Gasteiger partial charge in [-0.05, 0) is 6.42 Å². The quantitative estimate of drug-likeness (QED) is 0.598. The second-order valence-electron chi connectivity index (χ2n) is 2.50. The first-order chi connectivity index (χ1) is 5.48. The lowest BCUT2D eigenvalue weighted by Crippen LogP contribution is -2.31. The summed E-state index contributed by atoms with van der Waals surface area (Å²) in [4.78, 5) is 9.65. The topological polar surface area (TPSA) is 49.4 Å². The van der Waals surface area contributed by atoms with Crippen LogP contribution in [0.15, 0.2) is 0 Å². The normalized spacial score (nSPS) is 11.2. The molecule has 0 radical (unpaired) electrons. The molecule has 0 fully saturated rings. The van der Waals surface area contributed by atoms with Crippen LogP contribution in [0.25, 0.3) is 0 Å². The Hall–Kier alpha value is -0.870. The van der Waals surface area contributed by atoms with Gasteiger partial charge >= 0.3 is 0 Å². The molecule has 3 nitrogen and oxygen atoms in total. The molecule has 0 rings (SSSR count). The lowest BCUT2D eigenvalue weighted by molar-refractivity contribution is -0.288. The summed E-state index contributed by atoms with van der Waals surface area (Å²) in [6, 6.07) is 0. The van der Waals surface area contributed by atoms with Gasteiger partial charge in [0.2, 0.25) is 0 Å². The second-order valence-corrected chi connectivity index (χ2v) is 2.50. The Morgan fingerprint density at radius 3 is 2.58 bits per heavy atom. The Morgan fingerprint density at radius 1 is 1.58 bits per heavy atom. The molecular formula is C7H11F2O3-. The number of carbonyl (C=O) groups is 1.